The first-order valence-corrected chi connectivity index (χ1v) is 7.90. The Hall–Kier alpha value is -2.72. The Morgan fingerprint density at radius 2 is 2.04 bits per heavy atom. The fourth-order valence-corrected chi connectivity index (χ4v) is 3.94. The number of methoxy groups -OCH3 is 1. The van der Waals surface area contributed by atoms with E-state index < -0.39 is 5.79 Å². The topological polar surface area (TPSA) is 47.9 Å². The minimum absolute atomic E-state index is 0.181. The maximum Gasteiger partial charge on any atom is 0.269 e. The van der Waals surface area contributed by atoms with E-state index in [2.05, 4.69) is 6.07 Å². The summed E-state index contributed by atoms with van der Waals surface area (Å²) in [6, 6.07) is 13.5. The van der Waals surface area contributed by atoms with Crippen molar-refractivity contribution in [3.05, 3.63) is 64.7 Å². The second-order valence-electron chi connectivity index (χ2n) is 6.31. The second-order valence-corrected chi connectivity index (χ2v) is 6.31. The molecule has 120 valence electrons. The molecule has 1 unspecified atom stereocenters. The summed E-state index contributed by atoms with van der Waals surface area (Å²) in [6.07, 6.45) is 0. The third-order valence-corrected chi connectivity index (χ3v) is 4.91. The molecule has 4 heteroatoms. The molecular formula is C20H16O4. The van der Waals surface area contributed by atoms with Gasteiger partial charge in [-0.3, -0.25) is 0 Å². The van der Waals surface area contributed by atoms with Crippen molar-refractivity contribution in [3.8, 4) is 17.2 Å². The molecule has 24 heavy (non-hydrogen) atoms. The number of hydrogen-bond acceptors (Lipinski definition) is 4. The monoisotopic (exact) mass is 320 g/mol. The molecule has 3 aromatic carbocycles. The van der Waals surface area contributed by atoms with E-state index in [1.807, 2.05) is 37.3 Å². The summed E-state index contributed by atoms with van der Waals surface area (Å²) in [5.41, 5.74) is 3.64. The Balaban J connectivity index is 1.86. The Bertz CT molecular complexity index is 1010. The zero-order valence-electron chi connectivity index (χ0n) is 13.4. The van der Waals surface area contributed by atoms with Gasteiger partial charge in [0.25, 0.3) is 5.79 Å². The van der Waals surface area contributed by atoms with Crippen LogP contribution >= 0.6 is 0 Å². The lowest BCUT2D eigenvalue weighted by molar-refractivity contribution is -0.143. The maximum absolute atomic E-state index is 10.6. The van der Waals surface area contributed by atoms with Gasteiger partial charge in [0.2, 0.25) is 0 Å². The fourth-order valence-electron chi connectivity index (χ4n) is 3.94. The molecular weight excluding hydrogens is 304 g/mol. The lowest BCUT2D eigenvalue weighted by Gasteiger charge is -2.26. The summed E-state index contributed by atoms with van der Waals surface area (Å²) < 4.78 is 17.9. The Kier molecular flexibility index (Phi) is 2.52. The van der Waals surface area contributed by atoms with Crippen LogP contribution in [0.1, 0.15) is 22.3 Å². The number of fused-ring (bicyclic) bond motifs is 3. The average molecular weight is 320 g/mol. The van der Waals surface area contributed by atoms with E-state index in [-0.39, 0.29) is 5.75 Å². The van der Waals surface area contributed by atoms with Crippen LogP contribution in [0.15, 0.2) is 42.5 Å². The molecule has 4 nitrogen and oxygen atoms in total. The van der Waals surface area contributed by atoms with Gasteiger partial charge in [0.15, 0.2) is 0 Å². The first-order chi connectivity index (χ1) is 11.6. The molecule has 0 saturated carbocycles. The number of phenolic OH excluding ortho intramolecular Hbond substituents is 1. The van der Waals surface area contributed by atoms with Crippen molar-refractivity contribution < 1.29 is 19.3 Å². The molecule has 3 aromatic rings. The Morgan fingerprint density at radius 1 is 1.17 bits per heavy atom. The molecule has 2 aliphatic heterocycles. The highest BCUT2D eigenvalue weighted by atomic mass is 16.7. The standard InChI is InChI=1S/C20H16O4/c1-11-8-12-6-7-15(21)19-18(12)17(9-11)24-20(19)14-4-3-5-16(22-2)13(14)10-23-20/h3-9,21H,10H2,1-2H3. The number of benzene rings is 3. The highest BCUT2D eigenvalue weighted by molar-refractivity contribution is 5.96. The van der Waals surface area contributed by atoms with Crippen molar-refractivity contribution in [3.63, 3.8) is 0 Å². The van der Waals surface area contributed by atoms with E-state index in [1.54, 1.807) is 13.2 Å². The number of aryl methyl sites for hydroxylation is 1. The van der Waals surface area contributed by atoms with Crippen LogP contribution in [0, 0.1) is 6.92 Å². The SMILES string of the molecule is COc1cccc2c1COC21Oc2cc(C)cc3ccc(O)c1c23. The first kappa shape index (κ1) is 13.7. The molecule has 1 atom stereocenters. The predicted octanol–water partition coefficient (Wildman–Crippen LogP) is 3.99. The molecule has 2 heterocycles. The van der Waals surface area contributed by atoms with Gasteiger partial charge in [-0.25, -0.2) is 0 Å². The first-order valence-electron chi connectivity index (χ1n) is 7.90. The van der Waals surface area contributed by atoms with Gasteiger partial charge in [0.1, 0.15) is 17.2 Å². The molecule has 0 bridgehead atoms. The van der Waals surface area contributed by atoms with Crippen LogP contribution in [0.4, 0.5) is 0 Å². The molecule has 0 radical (unpaired) electrons. The van der Waals surface area contributed by atoms with Gasteiger partial charge in [-0.05, 0) is 36.1 Å². The van der Waals surface area contributed by atoms with Crippen molar-refractivity contribution in [1.29, 1.82) is 0 Å². The molecule has 1 N–H and O–H groups in total. The largest absolute Gasteiger partial charge is 0.507 e. The van der Waals surface area contributed by atoms with Crippen LogP contribution in [0.25, 0.3) is 10.8 Å². The van der Waals surface area contributed by atoms with Crippen LogP contribution in [-0.4, -0.2) is 12.2 Å². The van der Waals surface area contributed by atoms with E-state index in [9.17, 15) is 5.11 Å². The molecule has 0 aromatic heterocycles. The quantitative estimate of drug-likeness (QED) is 0.736. The summed E-state index contributed by atoms with van der Waals surface area (Å²) in [7, 11) is 1.65. The normalized spacial score (nSPS) is 20.4. The van der Waals surface area contributed by atoms with E-state index in [0.717, 1.165) is 39.0 Å². The summed E-state index contributed by atoms with van der Waals surface area (Å²) in [6.45, 7) is 2.41. The molecule has 5 rings (SSSR count). The molecule has 0 fully saturated rings. The maximum atomic E-state index is 10.6. The van der Waals surface area contributed by atoms with Gasteiger partial charge in [-0.1, -0.05) is 24.3 Å². The van der Waals surface area contributed by atoms with Crippen LogP contribution < -0.4 is 9.47 Å². The molecule has 0 saturated heterocycles. The average Bonchev–Trinajstić information content (AvgIpc) is 3.11. The number of hydrogen-bond donors (Lipinski definition) is 1. The van der Waals surface area contributed by atoms with Gasteiger partial charge in [-0.15, -0.1) is 0 Å². The van der Waals surface area contributed by atoms with E-state index in [4.69, 9.17) is 14.2 Å². The number of ether oxygens (including phenoxy) is 3. The number of phenols is 1. The van der Waals surface area contributed by atoms with Gasteiger partial charge in [-0.2, -0.15) is 0 Å². The van der Waals surface area contributed by atoms with Crippen molar-refractivity contribution in [2.75, 3.05) is 7.11 Å². The molecule has 0 aliphatic carbocycles. The number of rotatable bonds is 1. The van der Waals surface area contributed by atoms with Gasteiger partial charge < -0.3 is 19.3 Å². The predicted molar refractivity (Wildman–Crippen MR) is 89.5 cm³/mol. The van der Waals surface area contributed by atoms with Crippen molar-refractivity contribution in [2.24, 2.45) is 0 Å². The highest BCUT2D eigenvalue weighted by Crippen LogP contribution is 2.56. The van der Waals surface area contributed by atoms with E-state index >= 15 is 0 Å². The number of aromatic hydroxyl groups is 1. The van der Waals surface area contributed by atoms with Crippen LogP contribution in [0.5, 0.6) is 17.2 Å². The lowest BCUT2D eigenvalue weighted by atomic mass is 9.92. The zero-order valence-corrected chi connectivity index (χ0v) is 13.4. The summed E-state index contributed by atoms with van der Waals surface area (Å²) in [5.74, 6) is 0.586. The van der Waals surface area contributed by atoms with Crippen LogP contribution in [0.2, 0.25) is 0 Å². The second kappa shape index (κ2) is 4.42. The highest BCUT2D eigenvalue weighted by Gasteiger charge is 2.52. The van der Waals surface area contributed by atoms with Crippen LogP contribution in [0.3, 0.4) is 0 Å². The third-order valence-electron chi connectivity index (χ3n) is 4.91. The van der Waals surface area contributed by atoms with Gasteiger partial charge in [0.05, 0.1) is 19.3 Å². The van der Waals surface area contributed by atoms with E-state index in [1.165, 1.54) is 0 Å². The van der Waals surface area contributed by atoms with Gasteiger partial charge >= 0.3 is 0 Å². The molecule has 1 spiro atoms. The Morgan fingerprint density at radius 3 is 2.88 bits per heavy atom. The van der Waals surface area contributed by atoms with Crippen molar-refractivity contribution in [2.45, 2.75) is 19.3 Å². The van der Waals surface area contributed by atoms with Crippen LogP contribution in [-0.2, 0) is 17.1 Å². The van der Waals surface area contributed by atoms with Crippen molar-refractivity contribution >= 4 is 10.8 Å². The summed E-state index contributed by atoms with van der Waals surface area (Å²) >= 11 is 0. The fraction of sp³-hybridized carbons (Fsp3) is 0.200. The summed E-state index contributed by atoms with van der Waals surface area (Å²) in [4.78, 5) is 0. The lowest BCUT2D eigenvalue weighted by Crippen LogP contribution is -2.30. The zero-order chi connectivity index (χ0) is 16.5. The minimum atomic E-state index is -1.11. The smallest absolute Gasteiger partial charge is 0.269 e. The molecule has 2 aliphatic rings. The minimum Gasteiger partial charge on any atom is -0.507 e. The van der Waals surface area contributed by atoms with E-state index in [0.29, 0.717) is 12.2 Å². The Labute approximate surface area is 139 Å². The molecule has 0 amide bonds. The van der Waals surface area contributed by atoms with Crippen molar-refractivity contribution in [1.82, 2.24) is 0 Å². The third kappa shape index (κ3) is 1.51. The summed E-state index contributed by atoms with van der Waals surface area (Å²) in [5, 5.41) is 12.5. The van der Waals surface area contributed by atoms with Gasteiger partial charge in [0, 0.05) is 16.5 Å².